The first kappa shape index (κ1) is 11.3. The van der Waals surface area contributed by atoms with Gasteiger partial charge in [0.15, 0.2) is 0 Å². The zero-order valence-electron chi connectivity index (χ0n) is 8.57. The Hall–Kier alpha value is -1.78. The molecule has 15 heavy (non-hydrogen) atoms. The molecule has 1 rings (SSSR count). The summed E-state index contributed by atoms with van der Waals surface area (Å²) in [5.74, 6) is -0.949. The van der Waals surface area contributed by atoms with Gasteiger partial charge in [-0.2, -0.15) is 0 Å². The molecule has 0 spiro atoms. The third-order valence-corrected chi connectivity index (χ3v) is 1.88. The van der Waals surface area contributed by atoms with Crippen molar-refractivity contribution in [3.8, 4) is 5.75 Å². The Kier molecular flexibility index (Phi) is 3.49. The van der Waals surface area contributed by atoms with Crippen molar-refractivity contribution in [3.63, 3.8) is 0 Å². The van der Waals surface area contributed by atoms with E-state index in [4.69, 9.17) is 4.42 Å². The summed E-state index contributed by atoms with van der Waals surface area (Å²) in [5, 5.41) is 9.44. The van der Waals surface area contributed by atoms with Gasteiger partial charge >= 0.3 is 11.6 Å². The molecule has 1 aromatic heterocycles. The minimum absolute atomic E-state index is 0.0704. The minimum atomic E-state index is -0.709. The summed E-state index contributed by atoms with van der Waals surface area (Å²) in [6.45, 7) is 1.87. The molecular formula is C10H12O5. The van der Waals surface area contributed by atoms with E-state index in [9.17, 15) is 14.7 Å². The molecule has 0 amide bonds. The smallest absolute Gasteiger partial charge is 0.345 e. The number of hydrogen-bond donors (Lipinski definition) is 1. The molecule has 1 heterocycles. The van der Waals surface area contributed by atoms with Crippen LogP contribution in [0.2, 0.25) is 0 Å². The highest BCUT2D eigenvalue weighted by Crippen LogP contribution is 2.20. The molecule has 0 aromatic carbocycles. The maximum atomic E-state index is 11.3. The summed E-state index contributed by atoms with van der Waals surface area (Å²) < 4.78 is 9.32. The van der Waals surface area contributed by atoms with E-state index in [2.05, 4.69) is 4.74 Å². The molecule has 5 heteroatoms. The summed E-state index contributed by atoms with van der Waals surface area (Å²) >= 11 is 0. The van der Waals surface area contributed by atoms with Gasteiger partial charge in [-0.3, -0.25) is 0 Å². The van der Waals surface area contributed by atoms with Crippen LogP contribution in [0.25, 0.3) is 0 Å². The molecule has 0 saturated heterocycles. The Morgan fingerprint density at radius 3 is 2.80 bits per heavy atom. The van der Waals surface area contributed by atoms with Crippen molar-refractivity contribution in [2.24, 2.45) is 0 Å². The zero-order chi connectivity index (χ0) is 11.4. The molecule has 1 aromatic rings. The van der Waals surface area contributed by atoms with Crippen LogP contribution >= 0.6 is 0 Å². The fourth-order valence-corrected chi connectivity index (χ4v) is 1.25. The van der Waals surface area contributed by atoms with Crippen LogP contribution in [-0.4, -0.2) is 18.2 Å². The normalized spacial score (nSPS) is 10.0. The lowest BCUT2D eigenvalue weighted by molar-refractivity contribution is 0.0591. The summed E-state index contributed by atoms with van der Waals surface area (Å²) in [5.41, 5.74) is -0.748. The van der Waals surface area contributed by atoms with Crippen LogP contribution in [0.3, 0.4) is 0 Å². The van der Waals surface area contributed by atoms with Crippen LogP contribution in [-0.2, 0) is 11.2 Å². The highest BCUT2D eigenvalue weighted by molar-refractivity contribution is 5.93. The van der Waals surface area contributed by atoms with Crippen molar-refractivity contribution < 1.29 is 19.1 Å². The number of methoxy groups -OCH3 is 1. The van der Waals surface area contributed by atoms with Crippen LogP contribution in [0.1, 0.15) is 29.5 Å². The van der Waals surface area contributed by atoms with Crippen molar-refractivity contribution in [2.75, 3.05) is 7.11 Å². The second kappa shape index (κ2) is 4.63. The average molecular weight is 212 g/mol. The first-order chi connectivity index (χ1) is 7.10. The van der Waals surface area contributed by atoms with Gasteiger partial charge in [0.2, 0.25) is 0 Å². The molecule has 0 atom stereocenters. The lowest BCUT2D eigenvalue weighted by Gasteiger charge is -2.06. The number of aryl methyl sites for hydroxylation is 1. The van der Waals surface area contributed by atoms with Crippen molar-refractivity contribution in [1.82, 2.24) is 0 Å². The highest BCUT2D eigenvalue weighted by atomic mass is 16.5. The number of esters is 1. The second-order valence-electron chi connectivity index (χ2n) is 2.99. The molecule has 0 unspecified atom stereocenters. The van der Waals surface area contributed by atoms with Crippen molar-refractivity contribution >= 4 is 5.97 Å². The average Bonchev–Trinajstić information content (AvgIpc) is 2.16. The topological polar surface area (TPSA) is 76.7 Å². The lowest BCUT2D eigenvalue weighted by Crippen LogP contribution is -2.10. The quantitative estimate of drug-likeness (QED) is 0.759. The number of hydrogen-bond acceptors (Lipinski definition) is 5. The van der Waals surface area contributed by atoms with E-state index < -0.39 is 17.3 Å². The van der Waals surface area contributed by atoms with Gasteiger partial charge in [-0.15, -0.1) is 0 Å². The van der Waals surface area contributed by atoms with E-state index in [1.165, 1.54) is 7.11 Å². The Bertz CT molecular complexity index is 418. The maximum absolute atomic E-state index is 11.3. The van der Waals surface area contributed by atoms with Crippen LogP contribution in [0.15, 0.2) is 15.3 Å². The van der Waals surface area contributed by atoms with E-state index in [1.54, 1.807) is 0 Å². The third kappa shape index (κ3) is 2.37. The molecular weight excluding hydrogens is 200 g/mol. The van der Waals surface area contributed by atoms with Crippen LogP contribution in [0, 0.1) is 0 Å². The Morgan fingerprint density at radius 1 is 1.60 bits per heavy atom. The molecule has 0 fully saturated rings. The fraction of sp³-hybridized carbons (Fsp3) is 0.400. The van der Waals surface area contributed by atoms with Crippen molar-refractivity contribution in [3.05, 3.63) is 27.8 Å². The monoisotopic (exact) mass is 212 g/mol. The molecule has 0 aliphatic carbocycles. The summed E-state index contributed by atoms with van der Waals surface area (Å²) in [7, 11) is 1.20. The Balaban J connectivity index is 3.32. The van der Waals surface area contributed by atoms with Gasteiger partial charge in [0, 0.05) is 6.42 Å². The lowest BCUT2D eigenvalue weighted by atomic mass is 10.1. The molecule has 0 radical (unpaired) electrons. The van der Waals surface area contributed by atoms with Crippen LogP contribution < -0.4 is 5.63 Å². The van der Waals surface area contributed by atoms with Gasteiger partial charge in [-0.05, 0) is 6.42 Å². The largest absolute Gasteiger partial charge is 0.507 e. The maximum Gasteiger partial charge on any atom is 0.345 e. The molecule has 1 N–H and O–H groups in total. The number of aromatic hydroxyl groups is 1. The van der Waals surface area contributed by atoms with Gasteiger partial charge in [-0.25, -0.2) is 9.59 Å². The van der Waals surface area contributed by atoms with Crippen molar-refractivity contribution in [2.45, 2.75) is 19.8 Å². The van der Waals surface area contributed by atoms with Gasteiger partial charge in [0.25, 0.3) is 0 Å². The van der Waals surface area contributed by atoms with E-state index in [0.717, 1.165) is 6.07 Å². The SMILES string of the molecule is CCCc1oc(=O)cc(O)c1C(=O)OC. The van der Waals surface area contributed by atoms with E-state index in [0.29, 0.717) is 12.8 Å². The molecule has 0 aliphatic heterocycles. The molecule has 82 valence electrons. The highest BCUT2D eigenvalue weighted by Gasteiger charge is 2.19. The van der Waals surface area contributed by atoms with E-state index in [1.807, 2.05) is 6.92 Å². The van der Waals surface area contributed by atoms with Crippen LogP contribution in [0.5, 0.6) is 5.75 Å². The van der Waals surface area contributed by atoms with Crippen LogP contribution in [0.4, 0.5) is 0 Å². The number of ether oxygens (including phenoxy) is 1. The van der Waals surface area contributed by atoms with E-state index >= 15 is 0 Å². The first-order valence-corrected chi connectivity index (χ1v) is 4.54. The number of carbonyl (C=O) groups is 1. The molecule has 0 saturated carbocycles. The molecule has 0 bridgehead atoms. The molecule has 5 nitrogen and oxygen atoms in total. The second-order valence-corrected chi connectivity index (χ2v) is 2.99. The van der Waals surface area contributed by atoms with Crippen molar-refractivity contribution in [1.29, 1.82) is 0 Å². The van der Waals surface area contributed by atoms with E-state index in [-0.39, 0.29) is 11.3 Å². The van der Waals surface area contributed by atoms with Gasteiger partial charge in [-0.1, -0.05) is 6.92 Å². The van der Waals surface area contributed by atoms with Gasteiger partial charge < -0.3 is 14.3 Å². The predicted molar refractivity (Wildman–Crippen MR) is 52.0 cm³/mol. The fourth-order valence-electron chi connectivity index (χ4n) is 1.25. The summed E-state index contributed by atoms with van der Waals surface area (Å²) in [4.78, 5) is 22.3. The predicted octanol–water partition coefficient (Wildman–Crippen LogP) is 1.08. The first-order valence-electron chi connectivity index (χ1n) is 4.54. The zero-order valence-corrected chi connectivity index (χ0v) is 8.57. The Morgan fingerprint density at radius 2 is 2.27 bits per heavy atom. The number of carbonyl (C=O) groups excluding carboxylic acids is 1. The summed E-state index contributed by atoms with van der Waals surface area (Å²) in [6, 6.07) is 0.853. The Labute approximate surface area is 86.3 Å². The standard InChI is InChI=1S/C10H12O5/c1-3-4-7-9(10(13)14-2)6(11)5-8(12)15-7/h5,11H,3-4H2,1-2H3. The number of rotatable bonds is 3. The third-order valence-electron chi connectivity index (χ3n) is 1.88. The molecule has 0 aliphatic rings. The van der Waals surface area contributed by atoms with Gasteiger partial charge in [0.05, 0.1) is 13.2 Å². The summed E-state index contributed by atoms with van der Waals surface area (Å²) in [6.07, 6.45) is 1.09. The minimum Gasteiger partial charge on any atom is -0.507 e. The van der Waals surface area contributed by atoms with Gasteiger partial charge in [0.1, 0.15) is 17.1 Å².